The number of morpholine rings is 1. The van der Waals surface area contributed by atoms with Gasteiger partial charge in [-0.25, -0.2) is 0 Å². The van der Waals surface area contributed by atoms with E-state index in [9.17, 15) is 4.79 Å². The highest BCUT2D eigenvalue weighted by atomic mass is 35.5. The average molecular weight is 386 g/mol. The minimum absolute atomic E-state index is 0.0469. The number of thiocarbonyl (C=S) groups is 1. The Balaban J connectivity index is 2.00. The molecule has 1 atom stereocenters. The fourth-order valence-electron chi connectivity index (χ4n) is 2.88. The van der Waals surface area contributed by atoms with Crippen LogP contribution in [-0.2, 0) is 9.53 Å². The molecule has 1 saturated heterocycles. The molecule has 5 nitrogen and oxygen atoms in total. The number of nitrogens with one attached hydrogen (secondary N) is 2. The molecule has 0 aromatic heterocycles. The van der Waals surface area contributed by atoms with Gasteiger partial charge in [0.05, 0.1) is 24.8 Å². The highest BCUT2D eigenvalue weighted by molar-refractivity contribution is 7.80. The zero-order valence-corrected chi connectivity index (χ0v) is 15.4. The lowest BCUT2D eigenvalue weighted by Gasteiger charge is -2.35. The number of carbonyl (C=O) groups is 1. The number of hydrogen-bond donors (Lipinski definition) is 2. The topological polar surface area (TPSA) is 53.6 Å². The summed E-state index contributed by atoms with van der Waals surface area (Å²) in [6.07, 6.45) is 0. The Labute approximate surface area is 155 Å². The largest absolute Gasteiger partial charge is 0.378 e. The van der Waals surface area contributed by atoms with E-state index in [0.29, 0.717) is 47.0 Å². The van der Waals surface area contributed by atoms with Crippen LogP contribution in [0.5, 0.6) is 0 Å². The summed E-state index contributed by atoms with van der Waals surface area (Å²) in [6.45, 7) is 4.08. The van der Waals surface area contributed by atoms with Crippen LogP contribution >= 0.6 is 35.4 Å². The van der Waals surface area contributed by atoms with Gasteiger partial charge in [-0.1, -0.05) is 29.3 Å². The Morgan fingerprint density at radius 1 is 1.33 bits per heavy atom. The zero-order valence-electron chi connectivity index (χ0n) is 13.1. The molecule has 0 radical (unpaired) electrons. The predicted octanol–water partition coefficient (Wildman–Crippen LogP) is 2.64. The van der Waals surface area contributed by atoms with Gasteiger partial charge in [-0.2, -0.15) is 0 Å². The van der Waals surface area contributed by atoms with E-state index >= 15 is 0 Å². The first kappa shape index (κ1) is 17.5. The molecule has 0 bridgehead atoms. The molecule has 3 rings (SSSR count). The van der Waals surface area contributed by atoms with E-state index in [-0.39, 0.29) is 5.91 Å². The van der Waals surface area contributed by atoms with Crippen LogP contribution in [0.1, 0.15) is 18.5 Å². The molecule has 2 aliphatic rings. The van der Waals surface area contributed by atoms with Crippen molar-refractivity contribution in [2.24, 2.45) is 0 Å². The lowest BCUT2D eigenvalue weighted by atomic mass is 9.94. The summed E-state index contributed by atoms with van der Waals surface area (Å²) in [6, 6.07) is 4.81. The van der Waals surface area contributed by atoms with Gasteiger partial charge in [0.1, 0.15) is 0 Å². The van der Waals surface area contributed by atoms with Crippen LogP contribution in [0.25, 0.3) is 0 Å². The fraction of sp³-hybridized carbons (Fsp3) is 0.375. The standard InChI is InChI=1S/C16H17Cl2N3O2S/c1-9-13(15(22)21-4-6-23-7-5-21)14(20-16(24)19-9)11-3-2-10(17)8-12(11)18/h2-3,8,14H,4-7H2,1H3,(H2,19,20,24). The highest BCUT2D eigenvalue weighted by Gasteiger charge is 2.34. The van der Waals surface area contributed by atoms with Crippen LogP contribution in [0.2, 0.25) is 10.0 Å². The van der Waals surface area contributed by atoms with E-state index in [1.807, 2.05) is 13.0 Å². The number of rotatable bonds is 2. The first-order valence-corrected chi connectivity index (χ1v) is 8.74. The molecular weight excluding hydrogens is 369 g/mol. The van der Waals surface area contributed by atoms with Crippen LogP contribution in [0.15, 0.2) is 29.5 Å². The molecule has 1 aromatic rings. The molecule has 8 heteroatoms. The number of carbonyl (C=O) groups excluding carboxylic acids is 1. The second-order valence-corrected chi connectivity index (χ2v) is 6.89. The second-order valence-electron chi connectivity index (χ2n) is 5.64. The lowest BCUT2D eigenvalue weighted by Crippen LogP contribution is -2.49. The number of allylic oxidation sites excluding steroid dienone is 1. The third kappa shape index (κ3) is 3.52. The fourth-order valence-corrected chi connectivity index (χ4v) is 3.67. The smallest absolute Gasteiger partial charge is 0.254 e. The number of benzene rings is 1. The van der Waals surface area contributed by atoms with Crippen LogP contribution in [0.4, 0.5) is 0 Å². The number of ether oxygens (including phenoxy) is 1. The summed E-state index contributed by atoms with van der Waals surface area (Å²) < 4.78 is 5.33. The molecule has 0 saturated carbocycles. The Bertz CT molecular complexity index is 717. The third-order valence-corrected chi connectivity index (χ3v) is 4.85. The van der Waals surface area contributed by atoms with Crippen LogP contribution in [-0.4, -0.2) is 42.2 Å². The Hall–Kier alpha value is -1.34. The quantitative estimate of drug-likeness (QED) is 0.766. The van der Waals surface area contributed by atoms with Crippen molar-refractivity contribution in [1.29, 1.82) is 0 Å². The highest BCUT2D eigenvalue weighted by Crippen LogP contribution is 2.34. The molecule has 2 aliphatic heterocycles. The van der Waals surface area contributed by atoms with Crippen LogP contribution < -0.4 is 10.6 Å². The summed E-state index contributed by atoms with van der Waals surface area (Å²) in [5, 5.41) is 7.68. The monoisotopic (exact) mass is 385 g/mol. The molecule has 1 aromatic carbocycles. The molecule has 1 amide bonds. The van der Waals surface area contributed by atoms with Crippen molar-refractivity contribution in [3.8, 4) is 0 Å². The molecule has 24 heavy (non-hydrogen) atoms. The van der Waals surface area contributed by atoms with Gasteiger partial charge in [0.15, 0.2) is 5.11 Å². The minimum atomic E-state index is -0.418. The maximum absolute atomic E-state index is 13.1. The van der Waals surface area contributed by atoms with E-state index < -0.39 is 6.04 Å². The molecule has 0 spiro atoms. The van der Waals surface area contributed by atoms with E-state index in [2.05, 4.69) is 10.6 Å². The van der Waals surface area contributed by atoms with Crippen molar-refractivity contribution < 1.29 is 9.53 Å². The average Bonchev–Trinajstić information content (AvgIpc) is 2.54. The zero-order chi connectivity index (χ0) is 17.3. The molecule has 0 aliphatic carbocycles. The van der Waals surface area contributed by atoms with Crippen molar-refractivity contribution in [3.63, 3.8) is 0 Å². The van der Waals surface area contributed by atoms with Crippen LogP contribution in [0.3, 0.4) is 0 Å². The number of amides is 1. The van der Waals surface area contributed by atoms with Gasteiger partial charge in [0, 0.05) is 28.8 Å². The van der Waals surface area contributed by atoms with Crippen molar-refractivity contribution in [1.82, 2.24) is 15.5 Å². The van der Waals surface area contributed by atoms with E-state index in [0.717, 1.165) is 11.3 Å². The van der Waals surface area contributed by atoms with Crippen molar-refractivity contribution >= 4 is 46.4 Å². The minimum Gasteiger partial charge on any atom is -0.378 e. The summed E-state index contributed by atoms with van der Waals surface area (Å²) in [7, 11) is 0. The second kappa shape index (κ2) is 7.27. The van der Waals surface area contributed by atoms with Gasteiger partial charge in [-0.15, -0.1) is 0 Å². The Morgan fingerprint density at radius 3 is 2.71 bits per heavy atom. The lowest BCUT2D eigenvalue weighted by molar-refractivity contribution is -0.131. The van der Waals surface area contributed by atoms with Gasteiger partial charge < -0.3 is 20.3 Å². The van der Waals surface area contributed by atoms with Gasteiger partial charge in [-0.05, 0) is 36.8 Å². The summed E-state index contributed by atoms with van der Waals surface area (Å²) in [4.78, 5) is 14.8. The van der Waals surface area contributed by atoms with Crippen LogP contribution in [0, 0.1) is 0 Å². The van der Waals surface area contributed by atoms with E-state index in [4.69, 9.17) is 40.2 Å². The molecular formula is C16H17Cl2N3O2S. The summed E-state index contributed by atoms with van der Waals surface area (Å²) >= 11 is 17.6. The number of nitrogens with zero attached hydrogens (tertiary/aromatic N) is 1. The Kier molecular flexibility index (Phi) is 5.30. The van der Waals surface area contributed by atoms with Gasteiger partial charge in [0.2, 0.25) is 0 Å². The molecule has 1 unspecified atom stereocenters. The molecule has 1 fully saturated rings. The number of hydrogen-bond acceptors (Lipinski definition) is 3. The Morgan fingerprint density at radius 2 is 2.04 bits per heavy atom. The summed E-state index contributed by atoms with van der Waals surface area (Å²) in [5.74, 6) is -0.0469. The van der Waals surface area contributed by atoms with Crippen molar-refractivity contribution in [2.45, 2.75) is 13.0 Å². The number of halogens is 2. The normalized spacial score (nSPS) is 21.4. The van der Waals surface area contributed by atoms with Crippen molar-refractivity contribution in [3.05, 3.63) is 45.1 Å². The van der Waals surface area contributed by atoms with E-state index in [1.54, 1.807) is 17.0 Å². The maximum atomic E-state index is 13.1. The third-order valence-electron chi connectivity index (χ3n) is 4.07. The van der Waals surface area contributed by atoms with E-state index in [1.165, 1.54) is 0 Å². The summed E-state index contributed by atoms with van der Waals surface area (Å²) in [5.41, 5.74) is 2.10. The molecule has 2 N–H and O–H groups in total. The first-order chi connectivity index (χ1) is 11.5. The predicted molar refractivity (Wildman–Crippen MR) is 98.2 cm³/mol. The van der Waals surface area contributed by atoms with Gasteiger partial charge >= 0.3 is 0 Å². The maximum Gasteiger partial charge on any atom is 0.254 e. The molecule has 2 heterocycles. The first-order valence-electron chi connectivity index (χ1n) is 7.57. The van der Waals surface area contributed by atoms with Gasteiger partial charge in [-0.3, -0.25) is 4.79 Å². The van der Waals surface area contributed by atoms with Gasteiger partial charge in [0.25, 0.3) is 5.91 Å². The van der Waals surface area contributed by atoms with Crippen molar-refractivity contribution in [2.75, 3.05) is 26.3 Å². The SMILES string of the molecule is CC1=C(C(=O)N2CCOCC2)C(c2ccc(Cl)cc2Cl)NC(=S)N1. The molecule has 128 valence electrons.